The number of carbonyl (C=O) groups excluding carboxylic acids is 2. The minimum absolute atomic E-state index is 0.0249. The lowest BCUT2D eigenvalue weighted by atomic mass is 9.90. The van der Waals surface area contributed by atoms with Crippen LogP contribution in [0.4, 0.5) is 0 Å². The Bertz CT molecular complexity index is 1200. The predicted molar refractivity (Wildman–Crippen MR) is 127 cm³/mol. The fourth-order valence-corrected chi connectivity index (χ4v) is 7.04. The van der Waals surface area contributed by atoms with Crippen LogP contribution in [0.15, 0.2) is 60.1 Å². The summed E-state index contributed by atoms with van der Waals surface area (Å²) in [5, 5.41) is 0.0878. The molecular formula is C24H26ClN3O5S. The van der Waals surface area contributed by atoms with Crippen LogP contribution in [-0.4, -0.2) is 60.2 Å². The maximum absolute atomic E-state index is 13.9. The molecule has 2 unspecified atom stereocenters. The number of methoxy groups -OCH3 is 1. The van der Waals surface area contributed by atoms with E-state index in [1.54, 1.807) is 23.2 Å². The number of pyridine rings is 1. The Morgan fingerprint density at radius 1 is 1.29 bits per heavy atom. The summed E-state index contributed by atoms with van der Waals surface area (Å²) in [7, 11) is -2.96. The van der Waals surface area contributed by atoms with Crippen LogP contribution < -0.4 is 0 Å². The van der Waals surface area contributed by atoms with Crippen molar-refractivity contribution in [1.29, 1.82) is 0 Å². The van der Waals surface area contributed by atoms with Crippen LogP contribution >= 0.6 is 11.6 Å². The van der Waals surface area contributed by atoms with E-state index in [9.17, 15) is 18.0 Å². The summed E-state index contributed by atoms with van der Waals surface area (Å²) in [5.41, 5.74) is 0.749. The molecule has 0 N–H and O–H groups in total. The topological polar surface area (TPSA) is 96.9 Å². The SMILES string of the molecule is C=C[C@H]1CN(Cc2ccccn2)C(=O)C2CCCC1N2S(=O)(=O)c1cc(Cl)cc(C(=O)OC)c1. The average Bonchev–Trinajstić information content (AvgIpc) is 2.91. The molecule has 1 amide bonds. The Balaban J connectivity index is 1.77. The average molecular weight is 504 g/mol. The number of amides is 1. The van der Waals surface area contributed by atoms with Crippen molar-refractivity contribution in [3.63, 3.8) is 0 Å². The summed E-state index contributed by atoms with van der Waals surface area (Å²) >= 11 is 6.16. The predicted octanol–water partition coefficient (Wildman–Crippen LogP) is 3.28. The van der Waals surface area contributed by atoms with Gasteiger partial charge in [-0.25, -0.2) is 13.2 Å². The van der Waals surface area contributed by atoms with Crippen molar-refractivity contribution in [1.82, 2.24) is 14.2 Å². The van der Waals surface area contributed by atoms with E-state index in [1.807, 2.05) is 12.1 Å². The molecule has 3 heterocycles. The van der Waals surface area contributed by atoms with Gasteiger partial charge >= 0.3 is 5.97 Å². The molecule has 2 saturated heterocycles. The molecule has 0 spiro atoms. The molecule has 3 atom stereocenters. The zero-order chi connectivity index (χ0) is 24.5. The van der Waals surface area contributed by atoms with Crippen molar-refractivity contribution in [3.05, 3.63) is 71.5 Å². The number of aromatic nitrogens is 1. The largest absolute Gasteiger partial charge is 0.465 e. The van der Waals surface area contributed by atoms with Gasteiger partial charge in [0.25, 0.3) is 0 Å². The van der Waals surface area contributed by atoms with Crippen molar-refractivity contribution in [2.45, 2.75) is 42.8 Å². The Kier molecular flexibility index (Phi) is 7.06. The Morgan fingerprint density at radius 3 is 2.76 bits per heavy atom. The molecule has 2 fully saturated rings. The second kappa shape index (κ2) is 9.85. The van der Waals surface area contributed by atoms with E-state index >= 15 is 0 Å². The van der Waals surface area contributed by atoms with Gasteiger partial charge in [-0.05, 0) is 49.6 Å². The normalized spacial score (nSPS) is 23.3. The summed E-state index contributed by atoms with van der Waals surface area (Å²) in [6.07, 6.45) is 5.11. The Morgan fingerprint density at radius 2 is 2.09 bits per heavy atom. The number of benzene rings is 1. The van der Waals surface area contributed by atoms with Crippen LogP contribution in [0, 0.1) is 5.92 Å². The maximum Gasteiger partial charge on any atom is 0.337 e. The zero-order valence-electron chi connectivity index (χ0n) is 18.8. The number of sulfonamides is 1. The van der Waals surface area contributed by atoms with Gasteiger partial charge in [0.15, 0.2) is 0 Å². The summed E-state index contributed by atoms with van der Waals surface area (Å²) in [6.45, 7) is 4.56. The zero-order valence-corrected chi connectivity index (χ0v) is 20.3. The lowest BCUT2D eigenvalue weighted by molar-refractivity contribution is -0.135. The Labute approximate surface area is 204 Å². The molecule has 10 heteroatoms. The van der Waals surface area contributed by atoms with Crippen LogP contribution in [-0.2, 0) is 26.1 Å². The molecule has 1 aromatic heterocycles. The first-order valence-electron chi connectivity index (χ1n) is 11.0. The fraction of sp³-hybridized carbons (Fsp3) is 0.375. The first kappa shape index (κ1) is 24.4. The maximum atomic E-state index is 13.9. The molecule has 0 aliphatic carbocycles. The van der Waals surface area contributed by atoms with Gasteiger partial charge in [0, 0.05) is 29.7 Å². The molecule has 2 bridgehead atoms. The summed E-state index contributed by atoms with van der Waals surface area (Å²) in [4.78, 5) is 31.6. The van der Waals surface area contributed by atoms with Gasteiger partial charge < -0.3 is 9.64 Å². The number of hydrogen-bond donors (Lipinski definition) is 0. The lowest BCUT2D eigenvalue weighted by Gasteiger charge is -2.40. The number of nitrogens with zero attached hydrogens (tertiary/aromatic N) is 3. The minimum atomic E-state index is -4.17. The van der Waals surface area contributed by atoms with E-state index in [0.29, 0.717) is 19.4 Å². The number of fused-ring (bicyclic) bond motifs is 2. The van der Waals surface area contributed by atoms with Crippen LogP contribution in [0.3, 0.4) is 0 Å². The molecule has 2 aliphatic rings. The third-order valence-electron chi connectivity index (χ3n) is 6.38. The molecule has 34 heavy (non-hydrogen) atoms. The molecule has 0 saturated carbocycles. The third kappa shape index (κ3) is 4.60. The summed E-state index contributed by atoms with van der Waals surface area (Å²) < 4.78 is 33.9. The van der Waals surface area contributed by atoms with E-state index in [2.05, 4.69) is 11.6 Å². The van der Waals surface area contributed by atoms with Gasteiger partial charge in [-0.2, -0.15) is 4.31 Å². The highest BCUT2D eigenvalue weighted by Gasteiger charge is 2.49. The van der Waals surface area contributed by atoms with Gasteiger partial charge in [0.05, 0.1) is 29.8 Å². The molecule has 1 aromatic carbocycles. The highest BCUT2D eigenvalue weighted by molar-refractivity contribution is 7.89. The number of esters is 1. The number of piperidine rings is 1. The smallest absolute Gasteiger partial charge is 0.337 e. The van der Waals surface area contributed by atoms with E-state index in [4.69, 9.17) is 16.3 Å². The monoisotopic (exact) mass is 503 g/mol. The van der Waals surface area contributed by atoms with Gasteiger partial charge in [0.1, 0.15) is 6.04 Å². The van der Waals surface area contributed by atoms with Crippen molar-refractivity contribution >= 4 is 33.5 Å². The van der Waals surface area contributed by atoms with E-state index in [0.717, 1.165) is 12.1 Å². The first-order valence-corrected chi connectivity index (χ1v) is 12.8. The molecule has 2 aromatic rings. The second-order valence-electron chi connectivity index (χ2n) is 8.46. The number of hydrogen-bond acceptors (Lipinski definition) is 6. The molecular weight excluding hydrogens is 478 g/mol. The molecule has 8 nitrogen and oxygen atoms in total. The first-order chi connectivity index (χ1) is 16.3. The van der Waals surface area contributed by atoms with Crippen LogP contribution in [0.2, 0.25) is 5.02 Å². The standard InChI is InChI=1S/C24H26ClN3O5S/c1-3-16-14-27(15-19-7-4-5-10-26-19)23(29)22-9-6-8-21(16)28(22)34(31,32)20-12-17(24(30)33-2)11-18(25)13-20/h3-5,7,10-13,16,21-22H,1,6,8-9,14-15H2,2H3/t16-,21?,22?/m0/s1. The highest BCUT2D eigenvalue weighted by atomic mass is 35.5. The minimum Gasteiger partial charge on any atom is -0.465 e. The molecule has 180 valence electrons. The van der Waals surface area contributed by atoms with Crippen LogP contribution in [0.25, 0.3) is 0 Å². The Hall–Kier alpha value is -2.75. The number of ether oxygens (including phenoxy) is 1. The van der Waals surface area contributed by atoms with Crippen molar-refractivity contribution < 1.29 is 22.7 Å². The summed E-state index contributed by atoms with van der Waals surface area (Å²) in [6, 6.07) is 8.06. The van der Waals surface area contributed by atoms with Gasteiger partial charge in [-0.3, -0.25) is 9.78 Å². The van der Waals surface area contributed by atoms with Crippen molar-refractivity contribution in [3.8, 4) is 0 Å². The van der Waals surface area contributed by atoms with Gasteiger partial charge in [-0.15, -0.1) is 6.58 Å². The second-order valence-corrected chi connectivity index (χ2v) is 10.7. The van der Waals surface area contributed by atoms with Crippen molar-refractivity contribution in [2.24, 2.45) is 5.92 Å². The molecule has 4 rings (SSSR count). The van der Waals surface area contributed by atoms with Crippen LogP contribution in [0.1, 0.15) is 35.3 Å². The fourth-order valence-electron chi connectivity index (χ4n) is 4.79. The number of carbonyl (C=O) groups is 2. The van der Waals surface area contributed by atoms with E-state index < -0.39 is 28.1 Å². The van der Waals surface area contributed by atoms with E-state index in [1.165, 1.54) is 29.6 Å². The summed E-state index contributed by atoms with van der Waals surface area (Å²) in [5.74, 6) is -1.23. The quantitative estimate of drug-likeness (QED) is 0.443. The van der Waals surface area contributed by atoms with Crippen LogP contribution in [0.5, 0.6) is 0 Å². The molecule has 2 aliphatic heterocycles. The number of rotatable bonds is 6. The molecule has 0 radical (unpaired) electrons. The van der Waals surface area contributed by atoms with E-state index in [-0.39, 0.29) is 33.9 Å². The highest BCUT2D eigenvalue weighted by Crippen LogP contribution is 2.38. The number of halogens is 1. The van der Waals surface area contributed by atoms with Gasteiger partial charge in [-0.1, -0.05) is 23.7 Å². The van der Waals surface area contributed by atoms with Crippen molar-refractivity contribution in [2.75, 3.05) is 13.7 Å². The lowest BCUT2D eigenvalue weighted by Crippen LogP contribution is -2.54. The third-order valence-corrected chi connectivity index (χ3v) is 8.51. The van der Waals surface area contributed by atoms with Gasteiger partial charge in [0.2, 0.25) is 15.9 Å².